The van der Waals surface area contributed by atoms with Gasteiger partial charge in [0.2, 0.25) is 0 Å². The summed E-state index contributed by atoms with van der Waals surface area (Å²) in [6.45, 7) is 2.86. The molecule has 0 radical (unpaired) electrons. The molecule has 2 fully saturated rings. The molecule has 1 aromatic carbocycles. The number of nitrogens with zero attached hydrogens (tertiary/aromatic N) is 1. The van der Waals surface area contributed by atoms with E-state index in [2.05, 4.69) is 10.6 Å². The molecule has 20 heavy (non-hydrogen) atoms. The summed E-state index contributed by atoms with van der Waals surface area (Å²) in [6, 6.07) is 8.36. The van der Waals surface area contributed by atoms with E-state index in [0.717, 1.165) is 36.6 Å². The summed E-state index contributed by atoms with van der Waals surface area (Å²) in [6.07, 6.45) is 3.15. The SMILES string of the molecule is CSc1ccccc1NC(=O)N1CC[C@H]2CNC[C@H]21.Cl. The highest BCUT2D eigenvalue weighted by Crippen LogP contribution is 2.29. The lowest BCUT2D eigenvalue weighted by molar-refractivity contribution is 0.206. The molecule has 2 aliphatic rings. The number of nitrogens with one attached hydrogen (secondary N) is 2. The maximum absolute atomic E-state index is 12.4. The summed E-state index contributed by atoms with van der Waals surface area (Å²) in [7, 11) is 0. The van der Waals surface area contributed by atoms with Gasteiger partial charge < -0.3 is 15.5 Å². The van der Waals surface area contributed by atoms with Crippen molar-refractivity contribution in [1.82, 2.24) is 10.2 Å². The van der Waals surface area contributed by atoms with Crippen LogP contribution in [0, 0.1) is 5.92 Å². The van der Waals surface area contributed by atoms with E-state index in [1.165, 1.54) is 0 Å². The Bertz CT molecular complexity index is 485. The number of para-hydroxylation sites is 1. The van der Waals surface area contributed by atoms with Crippen LogP contribution in [0.3, 0.4) is 0 Å². The first-order chi connectivity index (χ1) is 9.29. The lowest BCUT2D eigenvalue weighted by Crippen LogP contribution is -2.41. The molecular weight excluding hydrogens is 294 g/mol. The number of thioether (sulfide) groups is 1. The van der Waals surface area contributed by atoms with E-state index in [1.807, 2.05) is 35.4 Å². The number of hydrogen-bond acceptors (Lipinski definition) is 3. The molecule has 0 saturated carbocycles. The van der Waals surface area contributed by atoms with E-state index in [-0.39, 0.29) is 18.4 Å². The molecule has 6 heteroatoms. The van der Waals surface area contributed by atoms with Gasteiger partial charge in [-0.25, -0.2) is 4.79 Å². The van der Waals surface area contributed by atoms with Crippen LogP contribution < -0.4 is 10.6 Å². The normalized spacial score (nSPS) is 24.1. The molecule has 0 unspecified atom stereocenters. The van der Waals surface area contributed by atoms with E-state index in [4.69, 9.17) is 0 Å². The number of carbonyl (C=O) groups excluding carboxylic acids is 1. The fourth-order valence-corrected chi connectivity index (χ4v) is 3.59. The van der Waals surface area contributed by atoms with E-state index in [9.17, 15) is 4.79 Å². The molecule has 0 spiro atoms. The summed E-state index contributed by atoms with van der Waals surface area (Å²) in [4.78, 5) is 15.5. The minimum Gasteiger partial charge on any atom is -0.320 e. The second-order valence-electron chi connectivity index (χ2n) is 5.10. The molecule has 2 atom stereocenters. The predicted octanol–water partition coefficient (Wildman–Crippen LogP) is 2.66. The van der Waals surface area contributed by atoms with Gasteiger partial charge in [-0.1, -0.05) is 12.1 Å². The standard InChI is InChI=1S/C14H19N3OS.ClH/c1-19-13-5-3-2-4-11(13)16-14(18)17-7-6-10-8-15-9-12(10)17;/h2-5,10,12,15H,6-9H2,1H3,(H,16,18);1H/t10-,12+;/m0./s1. The zero-order valence-corrected chi connectivity index (χ0v) is 13.1. The number of hydrogen-bond donors (Lipinski definition) is 2. The molecule has 2 heterocycles. The number of rotatable bonds is 2. The third kappa shape index (κ3) is 2.90. The van der Waals surface area contributed by atoms with Gasteiger partial charge in [0.15, 0.2) is 0 Å². The quantitative estimate of drug-likeness (QED) is 0.825. The van der Waals surface area contributed by atoms with E-state index in [1.54, 1.807) is 11.8 Å². The Kier molecular flexibility index (Phi) is 5.18. The maximum atomic E-state index is 12.4. The summed E-state index contributed by atoms with van der Waals surface area (Å²) in [5.41, 5.74) is 0.911. The number of urea groups is 1. The minimum absolute atomic E-state index is 0. The number of fused-ring (bicyclic) bond motifs is 1. The van der Waals surface area contributed by atoms with Gasteiger partial charge in [0, 0.05) is 30.6 Å². The molecular formula is C14H20ClN3OS. The highest BCUT2D eigenvalue weighted by atomic mass is 35.5. The van der Waals surface area contributed by atoms with Crippen molar-refractivity contribution < 1.29 is 4.79 Å². The summed E-state index contributed by atoms with van der Waals surface area (Å²) in [5, 5.41) is 6.42. The van der Waals surface area contributed by atoms with Crippen LogP contribution in [0.25, 0.3) is 0 Å². The maximum Gasteiger partial charge on any atom is 0.322 e. The van der Waals surface area contributed by atoms with Crippen LogP contribution >= 0.6 is 24.2 Å². The second-order valence-corrected chi connectivity index (χ2v) is 5.95. The van der Waals surface area contributed by atoms with Gasteiger partial charge >= 0.3 is 6.03 Å². The molecule has 2 aliphatic heterocycles. The van der Waals surface area contributed by atoms with Crippen LogP contribution in [0.2, 0.25) is 0 Å². The largest absolute Gasteiger partial charge is 0.322 e. The summed E-state index contributed by atoms with van der Waals surface area (Å²) < 4.78 is 0. The predicted molar refractivity (Wildman–Crippen MR) is 86.0 cm³/mol. The van der Waals surface area contributed by atoms with Gasteiger partial charge in [0.25, 0.3) is 0 Å². The van der Waals surface area contributed by atoms with Crippen LogP contribution in [0.1, 0.15) is 6.42 Å². The summed E-state index contributed by atoms with van der Waals surface area (Å²) >= 11 is 1.65. The van der Waals surface area contributed by atoms with Gasteiger partial charge in [-0.15, -0.1) is 24.2 Å². The van der Waals surface area contributed by atoms with E-state index < -0.39 is 0 Å². The van der Waals surface area contributed by atoms with Gasteiger partial charge in [-0.05, 0) is 30.7 Å². The molecule has 0 aromatic heterocycles. The Morgan fingerprint density at radius 2 is 2.20 bits per heavy atom. The number of benzene rings is 1. The average Bonchev–Trinajstić information content (AvgIpc) is 3.01. The molecule has 3 rings (SSSR count). The lowest BCUT2D eigenvalue weighted by Gasteiger charge is -2.24. The third-order valence-electron chi connectivity index (χ3n) is 4.05. The Labute approximate surface area is 130 Å². The Morgan fingerprint density at radius 1 is 1.40 bits per heavy atom. The van der Waals surface area contributed by atoms with Crippen molar-refractivity contribution in [2.75, 3.05) is 31.2 Å². The van der Waals surface area contributed by atoms with Crippen molar-refractivity contribution in [3.05, 3.63) is 24.3 Å². The van der Waals surface area contributed by atoms with Gasteiger partial charge in [0.05, 0.1) is 5.69 Å². The van der Waals surface area contributed by atoms with Crippen LogP contribution in [0.4, 0.5) is 10.5 Å². The first-order valence-corrected chi connectivity index (χ1v) is 7.93. The Balaban J connectivity index is 0.00000147. The zero-order valence-electron chi connectivity index (χ0n) is 11.5. The number of amides is 2. The van der Waals surface area contributed by atoms with Gasteiger partial charge in [0.1, 0.15) is 0 Å². The van der Waals surface area contributed by atoms with Crippen molar-refractivity contribution in [2.45, 2.75) is 17.4 Å². The van der Waals surface area contributed by atoms with Gasteiger partial charge in [-0.3, -0.25) is 0 Å². The van der Waals surface area contributed by atoms with Crippen LogP contribution in [0.5, 0.6) is 0 Å². The molecule has 0 bridgehead atoms. The number of carbonyl (C=O) groups is 1. The van der Waals surface area contributed by atoms with Crippen molar-refractivity contribution >= 4 is 35.9 Å². The number of halogens is 1. The van der Waals surface area contributed by atoms with Crippen LogP contribution in [0.15, 0.2) is 29.2 Å². The highest BCUT2D eigenvalue weighted by molar-refractivity contribution is 7.98. The van der Waals surface area contributed by atoms with Gasteiger partial charge in [-0.2, -0.15) is 0 Å². The van der Waals surface area contributed by atoms with Crippen molar-refractivity contribution in [3.8, 4) is 0 Å². The topological polar surface area (TPSA) is 44.4 Å². The fourth-order valence-electron chi connectivity index (χ4n) is 3.04. The first-order valence-electron chi connectivity index (χ1n) is 6.71. The molecule has 2 saturated heterocycles. The van der Waals surface area contributed by atoms with Crippen LogP contribution in [-0.2, 0) is 0 Å². The number of anilines is 1. The summed E-state index contributed by atoms with van der Waals surface area (Å²) in [5.74, 6) is 0.640. The molecule has 2 amide bonds. The van der Waals surface area contributed by atoms with Crippen LogP contribution in [-0.4, -0.2) is 42.9 Å². The van der Waals surface area contributed by atoms with E-state index >= 15 is 0 Å². The number of likely N-dealkylation sites (tertiary alicyclic amines) is 1. The fraction of sp³-hybridized carbons (Fsp3) is 0.500. The van der Waals surface area contributed by atoms with Crippen molar-refractivity contribution in [1.29, 1.82) is 0 Å². The Hall–Kier alpha value is -0.910. The van der Waals surface area contributed by atoms with Crippen molar-refractivity contribution in [3.63, 3.8) is 0 Å². The molecule has 110 valence electrons. The first kappa shape index (κ1) is 15.5. The molecule has 2 N–H and O–H groups in total. The Morgan fingerprint density at radius 3 is 3.00 bits per heavy atom. The highest BCUT2D eigenvalue weighted by Gasteiger charge is 2.39. The minimum atomic E-state index is 0. The molecule has 4 nitrogen and oxygen atoms in total. The molecule has 0 aliphatic carbocycles. The second kappa shape index (κ2) is 6.70. The third-order valence-corrected chi connectivity index (χ3v) is 4.85. The molecule has 1 aromatic rings. The zero-order chi connectivity index (χ0) is 13.2. The monoisotopic (exact) mass is 313 g/mol. The van der Waals surface area contributed by atoms with Crippen molar-refractivity contribution in [2.24, 2.45) is 5.92 Å². The smallest absolute Gasteiger partial charge is 0.320 e. The van der Waals surface area contributed by atoms with E-state index in [0.29, 0.717) is 12.0 Å². The lowest BCUT2D eigenvalue weighted by atomic mass is 10.1. The average molecular weight is 314 g/mol.